The van der Waals surface area contributed by atoms with Crippen molar-refractivity contribution in [3.05, 3.63) is 24.0 Å². The van der Waals surface area contributed by atoms with Gasteiger partial charge in [0.2, 0.25) is 5.78 Å². The van der Waals surface area contributed by atoms with Gasteiger partial charge < -0.3 is 9.47 Å². The molecule has 15 heavy (non-hydrogen) atoms. The summed E-state index contributed by atoms with van der Waals surface area (Å²) in [6, 6.07) is 1.52. The molecule has 0 saturated carbocycles. The maximum Gasteiger partial charge on any atom is 0.355 e. The second kappa shape index (κ2) is 3.68. The summed E-state index contributed by atoms with van der Waals surface area (Å²) in [5.74, 6) is -0.690. The van der Waals surface area contributed by atoms with E-state index in [1.54, 1.807) is 6.92 Å². The number of ether oxygens (including phenoxy) is 2. The van der Waals surface area contributed by atoms with Crippen LogP contribution < -0.4 is 4.74 Å². The van der Waals surface area contributed by atoms with Crippen molar-refractivity contribution in [1.29, 1.82) is 0 Å². The highest BCUT2D eigenvalue weighted by atomic mass is 16.6. The van der Waals surface area contributed by atoms with E-state index in [-0.39, 0.29) is 12.4 Å². The van der Waals surface area contributed by atoms with Crippen LogP contribution in [0.3, 0.4) is 0 Å². The number of carbonyl (C=O) groups excluding carboxylic acids is 2. The Morgan fingerprint density at radius 2 is 2.47 bits per heavy atom. The number of Topliss-reactive ketones (excluding diaryl/α,β-unsaturated/α-hetero) is 1. The summed E-state index contributed by atoms with van der Waals surface area (Å²) in [6.45, 7) is 1.90. The summed E-state index contributed by atoms with van der Waals surface area (Å²) >= 11 is 0. The molecule has 0 spiro atoms. The molecule has 0 bridgehead atoms. The van der Waals surface area contributed by atoms with Crippen LogP contribution in [0.4, 0.5) is 0 Å². The number of carbonyl (C=O) groups is 2. The topological polar surface area (TPSA) is 65.5 Å². The van der Waals surface area contributed by atoms with E-state index < -0.39 is 12.1 Å². The van der Waals surface area contributed by atoms with Crippen LogP contribution in [0.1, 0.15) is 17.3 Å². The highest BCUT2D eigenvalue weighted by Gasteiger charge is 2.38. The number of hydrogen-bond donors (Lipinski definition) is 0. The van der Waals surface area contributed by atoms with Gasteiger partial charge in [0.1, 0.15) is 0 Å². The molecule has 1 aliphatic heterocycles. The standard InChI is InChI=1S/C10H9NO4/c1-2-14-10(13)9-8(12)6-3-4-11-5-7(6)15-9/h3-5,9H,2H2,1H3/t9-/m0/s1. The zero-order valence-corrected chi connectivity index (χ0v) is 8.10. The molecular weight excluding hydrogens is 198 g/mol. The van der Waals surface area contributed by atoms with E-state index >= 15 is 0 Å². The monoisotopic (exact) mass is 207 g/mol. The van der Waals surface area contributed by atoms with Gasteiger partial charge in [0.05, 0.1) is 18.4 Å². The number of esters is 1. The highest BCUT2D eigenvalue weighted by Crippen LogP contribution is 2.27. The number of nitrogens with zero attached hydrogens (tertiary/aromatic N) is 1. The first-order chi connectivity index (χ1) is 7.24. The molecule has 0 aliphatic carbocycles. The lowest BCUT2D eigenvalue weighted by Crippen LogP contribution is -2.32. The average Bonchev–Trinajstić information content (AvgIpc) is 2.57. The van der Waals surface area contributed by atoms with Crippen molar-refractivity contribution in [3.63, 3.8) is 0 Å². The quantitative estimate of drug-likeness (QED) is 0.524. The molecule has 5 nitrogen and oxygen atoms in total. The second-order valence-corrected chi connectivity index (χ2v) is 2.99. The Morgan fingerprint density at radius 1 is 1.67 bits per heavy atom. The summed E-state index contributed by atoms with van der Waals surface area (Å²) in [5, 5.41) is 0. The van der Waals surface area contributed by atoms with Gasteiger partial charge in [-0.1, -0.05) is 0 Å². The zero-order valence-electron chi connectivity index (χ0n) is 8.10. The van der Waals surface area contributed by atoms with Crippen LogP contribution in [0, 0.1) is 0 Å². The van der Waals surface area contributed by atoms with Gasteiger partial charge in [-0.25, -0.2) is 4.79 Å². The Hall–Kier alpha value is -1.91. The predicted molar refractivity (Wildman–Crippen MR) is 49.6 cm³/mol. The van der Waals surface area contributed by atoms with Gasteiger partial charge in [-0.15, -0.1) is 0 Å². The Kier molecular flexibility index (Phi) is 2.37. The van der Waals surface area contributed by atoms with E-state index in [1.165, 1.54) is 18.5 Å². The Morgan fingerprint density at radius 3 is 3.13 bits per heavy atom. The smallest absolute Gasteiger partial charge is 0.355 e. The molecule has 0 fully saturated rings. The first-order valence-corrected chi connectivity index (χ1v) is 4.55. The van der Waals surface area contributed by atoms with Crippen LogP contribution in [0.2, 0.25) is 0 Å². The van der Waals surface area contributed by atoms with E-state index in [4.69, 9.17) is 9.47 Å². The molecule has 0 unspecified atom stereocenters. The van der Waals surface area contributed by atoms with Gasteiger partial charge in [0.25, 0.3) is 6.10 Å². The SMILES string of the molecule is CCOC(=O)[C@H]1Oc2cnccc2C1=O. The third-order valence-corrected chi connectivity index (χ3v) is 2.03. The van der Waals surface area contributed by atoms with Gasteiger partial charge in [-0.2, -0.15) is 0 Å². The first-order valence-electron chi connectivity index (χ1n) is 4.55. The molecule has 1 atom stereocenters. The van der Waals surface area contributed by atoms with Gasteiger partial charge in [0, 0.05) is 6.20 Å². The lowest BCUT2D eigenvalue weighted by molar-refractivity contribution is -0.148. The molecule has 0 N–H and O–H groups in total. The molecule has 2 rings (SSSR count). The van der Waals surface area contributed by atoms with Crippen LogP contribution in [0.25, 0.3) is 0 Å². The number of aromatic nitrogens is 1. The molecule has 0 amide bonds. The number of fused-ring (bicyclic) bond motifs is 1. The number of hydrogen-bond acceptors (Lipinski definition) is 5. The van der Waals surface area contributed by atoms with E-state index in [2.05, 4.69) is 4.98 Å². The van der Waals surface area contributed by atoms with Crippen LogP contribution >= 0.6 is 0 Å². The molecule has 0 saturated heterocycles. The minimum atomic E-state index is -1.16. The minimum Gasteiger partial charge on any atom is -0.468 e. The van der Waals surface area contributed by atoms with Crippen molar-refractivity contribution >= 4 is 11.8 Å². The van der Waals surface area contributed by atoms with Crippen LogP contribution in [0.5, 0.6) is 5.75 Å². The third kappa shape index (κ3) is 1.56. The van der Waals surface area contributed by atoms with E-state index in [1.807, 2.05) is 0 Å². The summed E-state index contributed by atoms with van der Waals surface area (Å²) in [6.07, 6.45) is 1.73. The van der Waals surface area contributed by atoms with E-state index in [0.29, 0.717) is 11.3 Å². The molecule has 2 heterocycles. The highest BCUT2D eigenvalue weighted by molar-refractivity contribution is 6.14. The van der Waals surface area contributed by atoms with Crippen molar-refractivity contribution in [2.75, 3.05) is 6.61 Å². The normalized spacial score (nSPS) is 18.2. The number of rotatable bonds is 2. The first kappa shape index (κ1) is 9.64. The molecule has 5 heteroatoms. The summed E-state index contributed by atoms with van der Waals surface area (Å²) in [7, 11) is 0. The maximum atomic E-state index is 11.7. The molecule has 0 aromatic carbocycles. The third-order valence-electron chi connectivity index (χ3n) is 2.03. The fraction of sp³-hybridized carbons (Fsp3) is 0.300. The molecule has 78 valence electrons. The summed E-state index contributed by atoms with van der Waals surface area (Å²) in [5.41, 5.74) is 0.378. The van der Waals surface area contributed by atoms with Gasteiger partial charge in [0.15, 0.2) is 5.75 Å². The molecule has 1 aromatic rings. The lowest BCUT2D eigenvalue weighted by Gasteiger charge is -2.07. The minimum absolute atomic E-state index is 0.223. The average molecular weight is 207 g/mol. The van der Waals surface area contributed by atoms with Crippen molar-refractivity contribution in [3.8, 4) is 5.75 Å². The molecule has 0 radical (unpaired) electrons. The summed E-state index contributed by atoms with van der Waals surface area (Å²) < 4.78 is 9.87. The second-order valence-electron chi connectivity index (χ2n) is 2.99. The van der Waals surface area contributed by atoms with Crippen molar-refractivity contribution < 1.29 is 19.1 Å². The van der Waals surface area contributed by atoms with Crippen molar-refractivity contribution in [2.24, 2.45) is 0 Å². The van der Waals surface area contributed by atoms with Crippen molar-refractivity contribution in [1.82, 2.24) is 4.98 Å². The number of pyridine rings is 1. The zero-order chi connectivity index (χ0) is 10.8. The number of ketones is 1. The lowest BCUT2D eigenvalue weighted by atomic mass is 10.1. The summed E-state index contributed by atoms with van der Waals surface area (Å²) in [4.78, 5) is 26.8. The Bertz CT molecular complexity index is 416. The van der Waals surface area contributed by atoms with Crippen molar-refractivity contribution in [2.45, 2.75) is 13.0 Å². The largest absolute Gasteiger partial charge is 0.468 e. The van der Waals surface area contributed by atoms with Gasteiger partial charge >= 0.3 is 5.97 Å². The van der Waals surface area contributed by atoms with E-state index in [0.717, 1.165) is 0 Å². The Labute approximate surface area is 86.0 Å². The molecule has 1 aliphatic rings. The molecule has 1 aromatic heterocycles. The van der Waals surface area contributed by atoms with Crippen LogP contribution in [0.15, 0.2) is 18.5 Å². The molecular formula is C10H9NO4. The van der Waals surface area contributed by atoms with Gasteiger partial charge in [-0.05, 0) is 13.0 Å². The van der Waals surface area contributed by atoms with Crippen LogP contribution in [-0.4, -0.2) is 29.4 Å². The fourth-order valence-corrected chi connectivity index (χ4v) is 1.37. The van der Waals surface area contributed by atoms with Gasteiger partial charge in [-0.3, -0.25) is 9.78 Å². The fourth-order valence-electron chi connectivity index (χ4n) is 1.37. The van der Waals surface area contributed by atoms with Crippen LogP contribution in [-0.2, 0) is 9.53 Å². The van der Waals surface area contributed by atoms with E-state index in [9.17, 15) is 9.59 Å². The maximum absolute atomic E-state index is 11.7. The Balaban J connectivity index is 2.24. The predicted octanol–water partition coefficient (Wildman–Crippen LogP) is 0.588.